The van der Waals surface area contributed by atoms with Crippen molar-refractivity contribution >= 4 is 40.7 Å². The number of methoxy groups -OCH3 is 1. The molecule has 0 amide bonds. The van der Waals surface area contributed by atoms with Crippen LogP contribution < -0.4 is 0 Å². The predicted octanol–water partition coefficient (Wildman–Crippen LogP) is 2.31. The molecule has 0 N–H and O–H groups in total. The maximum Gasteiger partial charge on any atom is 0.374 e. The Morgan fingerprint density at radius 1 is 1.18 bits per heavy atom. The van der Waals surface area contributed by atoms with Crippen LogP contribution in [0.2, 0.25) is 10.0 Å². The number of Topliss-reactive ketones (excluding diaryl/α,β-unsaturated/α-hetero) is 2. The van der Waals surface area contributed by atoms with Crippen LogP contribution >= 0.6 is 23.2 Å². The van der Waals surface area contributed by atoms with E-state index in [4.69, 9.17) is 23.2 Å². The van der Waals surface area contributed by atoms with Crippen LogP contribution in [0.1, 0.15) is 16.8 Å². The third-order valence-corrected chi connectivity index (χ3v) is 2.71. The smallest absolute Gasteiger partial charge is 0.374 e. The molecule has 6 heteroatoms. The molecule has 4 nitrogen and oxygen atoms in total. The molecule has 1 rings (SSSR count). The molecule has 1 aromatic rings. The number of hydrogen-bond acceptors (Lipinski definition) is 4. The highest BCUT2D eigenvalue weighted by Crippen LogP contribution is 2.23. The second-order valence-electron chi connectivity index (χ2n) is 3.14. The van der Waals surface area contributed by atoms with Crippen LogP contribution in [0, 0.1) is 0 Å². The van der Waals surface area contributed by atoms with Crippen LogP contribution in [0.5, 0.6) is 0 Å². The second-order valence-corrected chi connectivity index (χ2v) is 3.96. The van der Waals surface area contributed by atoms with Gasteiger partial charge in [-0.3, -0.25) is 9.59 Å². The van der Waals surface area contributed by atoms with Crippen LogP contribution in [-0.2, 0) is 14.3 Å². The highest BCUT2D eigenvalue weighted by molar-refractivity contribution is 6.42. The van der Waals surface area contributed by atoms with E-state index in [1.165, 1.54) is 18.2 Å². The molecule has 0 saturated heterocycles. The van der Waals surface area contributed by atoms with Gasteiger partial charge in [0, 0.05) is 5.56 Å². The van der Waals surface area contributed by atoms with E-state index in [1.54, 1.807) is 0 Å². The summed E-state index contributed by atoms with van der Waals surface area (Å²) < 4.78 is 4.20. The molecule has 0 aliphatic carbocycles. The van der Waals surface area contributed by atoms with Gasteiger partial charge in [-0.15, -0.1) is 0 Å². The van der Waals surface area contributed by atoms with Crippen molar-refractivity contribution in [2.24, 2.45) is 0 Å². The highest BCUT2D eigenvalue weighted by Gasteiger charge is 2.19. The molecular formula is C11H8Cl2O4. The summed E-state index contributed by atoms with van der Waals surface area (Å²) in [5.74, 6) is -2.46. The maximum atomic E-state index is 11.6. The van der Waals surface area contributed by atoms with Crippen molar-refractivity contribution in [1.29, 1.82) is 0 Å². The van der Waals surface area contributed by atoms with Gasteiger partial charge in [0.15, 0.2) is 5.78 Å². The molecule has 0 radical (unpaired) electrons. The Balaban J connectivity index is 2.80. The zero-order valence-corrected chi connectivity index (χ0v) is 10.3. The molecule has 0 saturated carbocycles. The first-order chi connectivity index (χ1) is 7.95. The molecule has 0 heterocycles. The number of esters is 1. The third kappa shape index (κ3) is 3.54. The topological polar surface area (TPSA) is 60.4 Å². The number of hydrogen-bond donors (Lipinski definition) is 0. The average molecular weight is 275 g/mol. The maximum absolute atomic E-state index is 11.6. The molecule has 0 aliphatic heterocycles. The van der Waals surface area contributed by atoms with Gasteiger partial charge in [-0.2, -0.15) is 0 Å². The minimum atomic E-state index is -1.04. The third-order valence-electron chi connectivity index (χ3n) is 1.98. The van der Waals surface area contributed by atoms with Crippen LogP contribution in [0.4, 0.5) is 0 Å². The number of ketones is 2. The Kier molecular flexibility index (Phi) is 4.66. The molecule has 0 aromatic heterocycles. The van der Waals surface area contributed by atoms with Gasteiger partial charge in [0.05, 0.1) is 23.6 Å². The first-order valence-electron chi connectivity index (χ1n) is 4.55. The Morgan fingerprint density at radius 2 is 1.82 bits per heavy atom. The van der Waals surface area contributed by atoms with E-state index in [1.807, 2.05) is 0 Å². The molecule has 1 aromatic carbocycles. The lowest BCUT2D eigenvalue weighted by molar-refractivity contribution is -0.151. The minimum absolute atomic E-state index is 0.211. The summed E-state index contributed by atoms with van der Waals surface area (Å²) >= 11 is 11.4. The number of rotatable bonds is 4. The fourth-order valence-electron chi connectivity index (χ4n) is 1.10. The molecule has 0 aliphatic rings. The normalized spacial score (nSPS) is 9.82. The summed E-state index contributed by atoms with van der Waals surface area (Å²) in [6, 6.07) is 4.22. The van der Waals surface area contributed by atoms with Gasteiger partial charge < -0.3 is 4.74 Å². The second kappa shape index (κ2) is 5.80. The largest absolute Gasteiger partial charge is 0.463 e. The summed E-state index contributed by atoms with van der Waals surface area (Å²) in [5, 5.41) is 0.519. The van der Waals surface area contributed by atoms with E-state index in [9.17, 15) is 14.4 Å². The summed E-state index contributed by atoms with van der Waals surface area (Å²) in [6.07, 6.45) is -0.551. The lowest BCUT2D eigenvalue weighted by Crippen LogP contribution is -2.19. The van der Waals surface area contributed by atoms with Crippen molar-refractivity contribution in [3.8, 4) is 0 Å². The summed E-state index contributed by atoms with van der Waals surface area (Å²) in [7, 11) is 1.07. The predicted molar refractivity (Wildman–Crippen MR) is 62.4 cm³/mol. The standard InChI is InChI=1S/C11H8Cl2O4/c1-17-11(16)10(15)5-9(14)6-2-3-7(12)8(13)4-6/h2-4H,5H2,1H3. The quantitative estimate of drug-likeness (QED) is 0.366. The van der Waals surface area contributed by atoms with Gasteiger partial charge in [0.25, 0.3) is 0 Å². The van der Waals surface area contributed by atoms with Gasteiger partial charge in [0.1, 0.15) is 0 Å². The van der Waals surface area contributed by atoms with E-state index >= 15 is 0 Å². The van der Waals surface area contributed by atoms with Gasteiger partial charge in [-0.25, -0.2) is 4.79 Å². The van der Waals surface area contributed by atoms with Crippen molar-refractivity contribution in [2.45, 2.75) is 6.42 Å². The number of ether oxygens (including phenoxy) is 1. The Bertz CT molecular complexity index is 482. The molecule has 0 fully saturated rings. The van der Waals surface area contributed by atoms with Crippen molar-refractivity contribution < 1.29 is 19.1 Å². The number of carbonyl (C=O) groups excluding carboxylic acids is 3. The molecule has 0 spiro atoms. The zero-order valence-electron chi connectivity index (χ0n) is 8.83. The average Bonchev–Trinajstić information content (AvgIpc) is 2.31. The van der Waals surface area contributed by atoms with Crippen LogP contribution in [0.15, 0.2) is 18.2 Å². The van der Waals surface area contributed by atoms with Crippen LogP contribution in [0.3, 0.4) is 0 Å². The van der Waals surface area contributed by atoms with Gasteiger partial charge in [0.2, 0.25) is 5.78 Å². The lowest BCUT2D eigenvalue weighted by atomic mass is 10.1. The van der Waals surface area contributed by atoms with E-state index in [2.05, 4.69) is 4.74 Å². The fraction of sp³-hybridized carbons (Fsp3) is 0.182. The molecule has 90 valence electrons. The minimum Gasteiger partial charge on any atom is -0.463 e. The summed E-state index contributed by atoms with van der Waals surface area (Å²) in [5.41, 5.74) is 0.219. The first kappa shape index (κ1) is 13.7. The van der Waals surface area contributed by atoms with E-state index in [-0.39, 0.29) is 10.6 Å². The Hall–Kier alpha value is -1.39. The van der Waals surface area contributed by atoms with Crippen LogP contribution in [0.25, 0.3) is 0 Å². The summed E-state index contributed by atoms with van der Waals surface area (Å²) in [6.45, 7) is 0. The number of halogens is 2. The molecule has 0 unspecified atom stereocenters. The van der Waals surface area contributed by atoms with Gasteiger partial charge in [-0.05, 0) is 18.2 Å². The van der Waals surface area contributed by atoms with Crippen molar-refractivity contribution in [3.63, 3.8) is 0 Å². The Morgan fingerprint density at radius 3 is 2.35 bits per heavy atom. The number of benzene rings is 1. The highest BCUT2D eigenvalue weighted by atomic mass is 35.5. The van der Waals surface area contributed by atoms with Crippen molar-refractivity contribution in [3.05, 3.63) is 33.8 Å². The van der Waals surface area contributed by atoms with Gasteiger partial charge >= 0.3 is 5.97 Å². The molecule has 17 heavy (non-hydrogen) atoms. The zero-order chi connectivity index (χ0) is 13.0. The monoisotopic (exact) mass is 274 g/mol. The molecule has 0 bridgehead atoms. The number of carbonyl (C=O) groups is 3. The fourth-order valence-corrected chi connectivity index (χ4v) is 1.40. The van der Waals surface area contributed by atoms with E-state index in [0.29, 0.717) is 5.02 Å². The first-order valence-corrected chi connectivity index (χ1v) is 5.30. The van der Waals surface area contributed by atoms with Crippen molar-refractivity contribution in [2.75, 3.05) is 7.11 Å². The molecular weight excluding hydrogens is 267 g/mol. The Labute approximate surface area is 107 Å². The summed E-state index contributed by atoms with van der Waals surface area (Å²) in [4.78, 5) is 33.6. The van der Waals surface area contributed by atoms with E-state index in [0.717, 1.165) is 7.11 Å². The lowest BCUT2D eigenvalue weighted by Gasteiger charge is -2.01. The molecule has 0 atom stereocenters. The van der Waals surface area contributed by atoms with Gasteiger partial charge in [-0.1, -0.05) is 23.2 Å². The van der Waals surface area contributed by atoms with Crippen LogP contribution in [-0.4, -0.2) is 24.6 Å². The SMILES string of the molecule is COC(=O)C(=O)CC(=O)c1ccc(Cl)c(Cl)c1. The van der Waals surface area contributed by atoms with Crippen molar-refractivity contribution in [1.82, 2.24) is 0 Å². The van der Waals surface area contributed by atoms with E-state index < -0.39 is 24.0 Å².